The summed E-state index contributed by atoms with van der Waals surface area (Å²) in [6.45, 7) is 1.60. The molecule has 3 rings (SSSR count). The van der Waals surface area contributed by atoms with Crippen molar-refractivity contribution in [1.82, 2.24) is 20.1 Å². The van der Waals surface area contributed by atoms with Crippen molar-refractivity contribution < 1.29 is 17.9 Å². The molecular weight excluding hydrogens is 387 g/mol. The summed E-state index contributed by atoms with van der Waals surface area (Å²) in [5.41, 5.74) is 1.58. The lowest BCUT2D eigenvalue weighted by Gasteiger charge is -2.15. The first-order valence-electron chi connectivity index (χ1n) is 7.34. The Morgan fingerprint density at radius 3 is 2.69 bits per heavy atom. The van der Waals surface area contributed by atoms with Gasteiger partial charge in [0.1, 0.15) is 0 Å². The minimum atomic E-state index is -3.73. The van der Waals surface area contributed by atoms with Crippen molar-refractivity contribution in [1.29, 1.82) is 0 Å². The molecular formula is C15H13ClF2N5O2P. The molecule has 136 valence electrons. The molecule has 1 atom stereocenters. The average Bonchev–Trinajstić information content (AvgIpc) is 3.06. The van der Waals surface area contributed by atoms with Gasteiger partial charge in [-0.2, -0.15) is 13.8 Å². The van der Waals surface area contributed by atoms with Crippen molar-refractivity contribution in [2.24, 2.45) is 0 Å². The number of nitrogens with one attached hydrogen (secondary N) is 1. The normalized spacial score (nSPS) is 14.0. The number of rotatable bonds is 6. The molecule has 0 fully saturated rings. The van der Waals surface area contributed by atoms with Gasteiger partial charge in [-0.15, -0.1) is 0 Å². The van der Waals surface area contributed by atoms with Crippen molar-refractivity contribution >= 4 is 24.6 Å². The van der Waals surface area contributed by atoms with Crippen LogP contribution in [-0.2, 0) is 16.1 Å². The highest BCUT2D eigenvalue weighted by atomic mass is 35.5. The largest absolute Gasteiger partial charge is 0.400 e. The molecule has 3 aromatic heterocycles. The SMILES string of the molecule is CP(=O)(Cc1ccc(-c2noc(C(F)(F)Cl)n2)cn1)Nc1cccnc1. The monoisotopic (exact) mass is 399 g/mol. The van der Waals surface area contributed by atoms with E-state index in [1.807, 2.05) is 0 Å². The highest BCUT2D eigenvalue weighted by Crippen LogP contribution is 2.44. The Morgan fingerprint density at radius 2 is 2.12 bits per heavy atom. The molecule has 0 saturated carbocycles. The summed E-state index contributed by atoms with van der Waals surface area (Å²) in [6.07, 6.45) is 4.78. The molecule has 11 heteroatoms. The van der Waals surface area contributed by atoms with Crippen LogP contribution in [0.5, 0.6) is 0 Å². The lowest BCUT2D eigenvalue weighted by molar-refractivity contribution is 0.0551. The van der Waals surface area contributed by atoms with E-state index in [1.54, 1.807) is 43.3 Å². The Hall–Kier alpha value is -2.38. The van der Waals surface area contributed by atoms with E-state index in [0.29, 0.717) is 16.9 Å². The molecule has 0 saturated heterocycles. The van der Waals surface area contributed by atoms with Crippen molar-refractivity contribution in [3.8, 4) is 11.4 Å². The fraction of sp³-hybridized carbons (Fsp3) is 0.200. The quantitative estimate of drug-likeness (QED) is 0.487. The van der Waals surface area contributed by atoms with E-state index in [-0.39, 0.29) is 12.0 Å². The van der Waals surface area contributed by atoms with E-state index in [4.69, 9.17) is 11.6 Å². The second kappa shape index (κ2) is 7.09. The maximum absolute atomic E-state index is 12.9. The molecule has 3 aromatic rings. The van der Waals surface area contributed by atoms with Gasteiger partial charge < -0.3 is 14.2 Å². The van der Waals surface area contributed by atoms with Gasteiger partial charge in [-0.05, 0) is 35.9 Å². The van der Waals surface area contributed by atoms with Crippen molar-refractivity contribution in [2.45, 2.75) is 11.5 Å². The number of anilines is 1. The fourth-order valence-electron chi connectivity index (χ4n) is 2.16. The van der Waals surface area contributed by atoms with Crippen molar-refractivity contribution in [3.05, 3.63) is 54.4 Å². The zero-order valence-corrected chi connectivity index (χ0v) is 15.1. The maximum atomic E-state index is 12.9. The summed E-state index contributed by atoms with van der Waals surface area (Å²) in [4.78, 5) is 11.7. The zero-order valence-electron chi connectivity index (χ0n) is 13.4. The van der Waals surface area contributed by atoms with Crippen LogP contribution in [0.1, 0.15) is 11.6 Å². The first-order valence-corrected chi connectivity index (χ1v) is 10.1. The summed E-state index contributed by atoms with van der Waals surface area (Å²) >= 11 is 4.84. The summed E-state index contributed by atoms with van der Waals surface area (Å²) < 4.78 is 43.0. The Balaban J connectivity index is 1.71. The number of hydrogen-bond acceptors (Lipinski definition) is 6. The molecule has 0 amide bonds. The van der Waals surface area contributed by atoms with Gasteiger partial charge in [0.05, 0.1) is 18.0 Å². The molecule has 0 aliphatic carbocycles. The number of aromatic nitrogens is 4. The van der Waals surface area contributed by atoms with Crippen molar-refractivity contribution in [2.75, 3.05) is 11.8 Å². The molecule has 26 heavy (non-hydrogen) atoms. The van der Waals surface area contributed by atoms with E-state index < -0.39 is 18.6 Å². The van der Waals surface area contributed by atoms with Crippen LogP contribution >= 0.6 is 18.9 Å². The first-order chi connectivity index (χ1) is 12.2. The van der Waals surface area contributed by atoms with Gasteiger partial charge in [0, 0.05) is 30.3 Å². The second-order valence-corrected chi connectivity index (χ2v) is 8.79. The topological polar surface area (TPSA) is 93.8 Å². The smallest absolute Gasteiger partial charge is 0.335 e. The third-order valence-electron chi connectivity index (χ3n) is 3.24. The summed E-state index contributed by atoms with van der Waals surface area (Å²) in [7, 11) is -2.76. The highest BCUT2D eigenvalue weighted by molar-refractivity contribution is 7.63. The molecule has 0 aliphatic heterocycles. The average molecular weight is 400 g/mol. The second-order valence-electron chi connectivity index (χ2n) is 5.57. The van der Waals surface area contributed by atoms with E-state index >= 15 is 0 Å². The molecule has 3 heterocycles. The summed E-state index contributed by atoms with van der Waals surface area (Å²) in [6, 6.07) is 6.69. The minimum absolute atomic E-state index is 0.0625. The predicted molar refractivity (Wildman–Crippen MR) is 92.4 cm³/mol. The van der Waals surface area contributed by atoms with Gasteiger partial charge in [0.25, 0.3) is 0 Å². The Bertz CT molecular complexity index is 931. The molecule has 1 unspecified atom stereocenters. The van der Waals surface area contributed by atoms with E-state index in [0.717, 1.165) is 0 Å². The Kier molecular flexibility index (Phi) is 5.02. The van der Waals surface area contributed by atoms with Crippen LogP contribution < -0.4 is 5.09 Å². The number of pyridine rings is 2. The third kappa shape index (κ3) is 4.62. The number of hydrogen-bond donors (Lipinski definition) is 1. The minimum Gasteiger partial charge on any atom is -0.335 e. The molecule has 0 aliphatic rings. The first kappa shape index (κ1) is 18.4. The number of halogens is 3. The summed E-state index contributed by atoms with van der Waals surface area (Å²) in [5.74, 6) is -1.05. The molecule has 0 aromatic carbocycles. The van der Waals surface area contributed by atoms with Crippen LogP contribution in [0.2, 0.25) is 0 Å². The van der Waals surface area contributed by atoms with Crippen molar-refractivity contribution in [3.63, 3.8) is 0 Å². The predicted octanol–water partition coefficient (Wildman–Crippen LogP) is 4.33. The fourth-order valence-corrected chi connectivity index (χ4v) is 3.80. The van der Waals surface area contributed by atoms with E-state index in [1.165, 1.54) is 6.20 Å². The maximum Gasteiger partial charge on any atom is 0.400 e. The van der Waals surface area contributed by atoms with Crippen LogP contribution in [0.4, 0.5) is 14.5 Å². The standard InChI is InChI=1S/C15H13ClF2N5O2P/c1-26(24,23-11-3-2-6-19-8-11)9-12-5-4-10(7-20-12)13-21-14(25-22-13)15(16,17)18/h2-8H,9H2,1H3,(H,23,24). The van der Waals surface area contributed by atoms with Gasteiger partial charge in [0.2, 0.25) is 5.82 Å². The lowest BCUT2D eigenvalue weighted by Crippen LogP contribution is -2.03. The summed E-state index contributed by atoms with van der Waals surface area (Å²) in [5, 5.41) is 2.67. The van der Waals surface area contributed by atoms with Crippen LogP contribution in [0, 0.1) is 0 Å². The third-order valence-corrected chi connectivity index (χ3v) is 5.06. The molecule has 0 radical (unpaired) electrons. The van der Waals surface area contributed by atoms with Gasteiger partial charge in [-0.1, -0.05) is 5.16 Å². The van der Waals surface area contributed by atoms with Gasteiger partial charge in [-0.25, -0.2) is 0 Å². The van der Waals surface area contributed by atoms with Gasteiger partial charge >= 0.3 is 11.3 Å². The Labute approximate surface area is 152 Å². The van der Waals surface area contributed by atoms with Crippen LogP contribution in [0.25, 0.3) is 11.4 Å². The molecule has 0 spiro atoms. The van der Waals surface area contributed by atoms with Crippen LogP contribution in [0.3, 0.4) is 0 Å². The molecule has 1 N–H and O–H groups in total. The van der Waals surface area contributed by atoms with E-state index in [9.17, 15) is 13.3 Å². The number of alkyl halides is 3. The highest BCUT2D eigenvalue weighted by Gasteiger charge is 2.35. The number of nitrogens with zero attached hydrogens (tertiary/aromatic N) is 4. The Morgan fingerprint density at radius 1 is 1.31 bits per heavy atom. The molecule has 7 nitrogen and oxygen atoms in total. The molecule has 0 bridgehead atoms. The van der Waals surface area contributed by atoms with E-state index in [2.05, 4.69) is 29.7 Å². The lowest BCUT2D eigenvalue weighted by atomic mass is 10.2. The van der Waals surface area contributed by atoms with Crippen LogP contribution in [-0.4, -0.2) is 26.8 Å². The zero-order chi connectivity index (χ0) is 18.8. The van der Waals surface area contributed by atoms with Crippen LogP contribution in [0.15, 0.2) is 47.4 Å². The van der Waals surface area contributed by atoms with Gasteiger partial charge in [0.15, 0.2) is 7.29 Å². The van der Waals surface area contributed by atoms with Gasteiger partial charge in [-0.3, -0.25) is 9.97 Å².